The van der Waals surface area contributed by atoms with Gasteiger partial charge < -0.3 is 5.32 Å². The van der Waals surface area contributed by atoms with Gasteiger partial charge in [-0.3, -0.25) is 9.35 Å². The summed E-state index contributed by atoms with van der Waals surface area (Å²) < 4.78 is 21.3. The van der Waals surface area contributed by atoms with Gasteiger partial charge in [-0.15, -0.1) is 0 Å². The fraction of sp³-hybridized carbons (Fsp3) is 0.917. The van der Waals surface area contributed by atoms with Crippen molar-refractivity contribution < 1.29 is 13.6 Å². The zero-order chi connectivity index (χ0) is 14.1. The van der Waals surface area contributed by atoms with Crippen molar-refractivity contribution in [3.8, 4) is 0 Å². The van der Waals surface area contributed by atoms with E-state index in [1.807, 2.05) is 27.7 Å². The van der Waals surface area contributed by atoms with E-state index in [-0.39, 0.29) is 23.8 Å². The van der Waals surface area contributed by atoms with E-state index in [0.717, 1.165) is 19.3 Å². The third kappa shape index (κ3) is 8.74. The number of nitrogens with one attached hydrogen (secondary N) is 2. The van der Waals surface area contributed by atoms with E-state index < -0.39 is 11.3 Å². The highest BCUT2D eigenvalue weighted by molar-refractivity contribution is 7.77. The van der Waals surface area contributed by atoms with Crippen molar-refractivity contribution in [3.05, 3.63) is 0 Å². The lowest BCUT2D eigenvalue weighted by atomic mass is 9.96. The van der Waals surface area contributed by atoms with Gasteiger partial charge in [0.2, 0.25) is 11.3 Å². The number of carbonyl (C=O) groups is 1. The highest BCUT2D eigenvalue weighted by Crippen LogP contribution is 2.08. The van der Waals surface area contributed by atoms with Gasteiger partial charge in [-0.2, -0.15) is 0 Å². The van der Waals surface area contributed by atoms with Crippen molar-refractivity contribution in [2.24, 2.45) is 5.92 Å². The number of rotatable bonds is 10. The van der Waals surface area contributed by atoms with Crippen molar-refractivity contribution in [3.63, 3.8) is 0 Å². The van der Waals surface area contributed by atoms with E-state index >= 15 is 0 Å². The van der Waals surface area contributed by atoms with Gasteiger partial charge in [0.05, 0.1) is 6.04 Å². The Balaban J connectivity index is 4.01. The average Bonchev–Trinajstić information content (AvgIpc) is 2.24. The Morgan fingerprint density at radius 3 is 2.28 bits per heavy atom. The molecule has 0 amide bonds. The number of hydrogen-bond donors (Lipinski definition) is 3. The van der Waals surface area contributed by atoms with Crippen LogP contribution in [0.4, 0.5) is 0 Å². The third-order valence-electron chi connectivity index (χ3n) is 2.59. The van der Waals surface area contributed by atoms with Gasteiger partial charge in [-0.05, 0) is 12.8 Å². The van der Waals surface area contributed by atoms with Crippen molar-refractivity contribution in [2.45, 2.75) is 59.0 Å². The largest absolute Gasteiger partial charge is 0.305 e. The molecular weight excluding hydrogens is 252 g/mol. The lowest BCUT2D eigenvalue weighted by Gasteiger charge is -2.21. The predicted octanol–water partition coefficient (Wildman–Crippen LogP) is 1.47. The number of ketones is 1. The Labute approximate surface area is 113 Å². The van der Waals surface area contributed by atoms with Crippen LogP contribution >= 0.6 is 0 Å². The quantitative estimate of drug-likeness (QED) is 0.418. The van der Waals surface area contributed by atoms with E-state index in [4.69, 9.17) is 4.55 Å². The Kier molecular flexibility index (Phi) is 9.45. The van der Waals surface area contributed by atoms with E-state index in [1.165, 1.54) is 0 Å². The van der Waals surface area contributed by atoms with Crippen LogP contribution in [0.5, 0.6) is 0 Å². The topological polar surface area (TPSA) is 78.4 Å². The van der Waals surface area contributed by atoms with Crippen molar-refractivity contribution in [2.75, 3.05) is 6.54 Å². The molecule has 3 N–H and O–H groups in total. The number of hydrogen-bond acceptors (Lipinski definition) is 3. The zero-order valence-corrected chi connectivity index (χ0v) is 12.5. The summed E-state index contributed by atoms with van der Waals surface area (Å²) in [7, 11) is 0. The molecule has 2 atom stereocenters. The molecule has 5 nitrogen and oxygen atoms in total. The second-order valence-electron chi connectivity index (χ2n) is 5.07. The van der Waals surface area contributed by atoms with Crippen LogP contribution in [-0.2, 0) is 16.1 Å². The maximum Gasteiger partial charge on any atom is 0.231 e. The second kappa shape index (κ2) is 9.61. The Morgan fingerprint density at radius 2 is 1.83 bits per heavy atom. The predicted molar refractivity (Wildman–Crippen MR) is 74.5 cm³/mol. The minimum absolute atomic E-state index is 0.0318. The molecular formula is C12H26N2O3S. The summed E-state index contributed by atoms with van der Waals surface area (Å²) in [6.45, 7) is 8.36. The molecule has 6 heteroatoms. The highest BCUT2D eigenvalue weighted by atomic mass is 32.2. The summed E-state index contributed by atoms with van der Waals surface area (Å²) in [4.78, 5) is 12.0. The summed E-state index contributed by atoms with van der Waals surface area (Å²) in [5.41, 5.74) is 0. The standard InChI is InChI=1S/C12H26N2O3S/c1-9(2)12(15)11(14-10(3)4)7-5-6-8-13-18(16)17/h9-11,13-14H,5-8H2,1-4H3,(H,16,17)/t11-/m0/s1. The number of unbranched alkanes of at least 4 members (excludes halogenated alkanes) is 1. The molecule has 0 radical (unpaired) electrons. The van der Waals surface area contributed by atoms with Crippen LogP contribution in [0.3, 0.4) is 0 Å². The van der Waals surface area contributed by atoms with Crippen LogP contribution in [0.2, 0.25) is 0 Å². The molecule has 0 heterocycles. The molecule has 108 valence electrons. The highest BCUT2D eigenvalue weighted by Gasteiger charge is 2.20. The first-order valence-corrected chi connectivity index (χ1v) is 7.59. The monoisotopic (exact) mass is 278 g/mol. The lowest BCUT2D eigenvalue weighted by Crippen LogP contribution is -2.42. The molecule has 0 saturated heterocycles. The Bertz CT molecular complexity index is 270. The molecule has 18 heavy (non-hydrogen) atoms. The van der Waals surface area contributed by atoms with Gasteiger partial charge in [-0.25, -0.2) is 8.93 Å². The maximum absolute atomic E-state index is 12.0. The van der Waals surface area contributed by atoms with Gasteiger partial charge in [0, 0.05) is 18.5 Å². The third-order valence-corrected chi connectivity index (χ3v) is 3.04. The van der Waals surface area contributed by atoms with Crippen LogP contribution in [0.1, 0.15) is 47.0 Å². The van der Waals surface area contributed by atoms with E-state index in [1.54, 1.807) is 0 Å². The molecule has 0 aliphatic rings. The van der Waals surface area contributed by atoms with Gasteiger partial charge in [-0.1, -0.05) is 34.1 Å². The molecule has 0 saturated carbocycles. The average molecular weight is 278 g/mol. The SMILES string of the molecule is CC(C)N[C@@H](CCCCNS(=O)O)C(=O)C(C)C. The molecule has 0 fully saturated rings. The first-order chi connectivity index (χ1) is 8.34. The summed E-state index contributed by atoms with van der Waals surface area (Å²) in [5.74, 6) is 0.270. The minimum atomic E-state index is -1.94. The van der Waals surface area contributed by atoms with Crippen LogP contribution in [0, 0.1) is 5.92 Å². The summed E-state index contributed by atoms with van der Waals surface area (Å²) in [5, 5.41) is 3.28. The summed E-state index contributed by atoms with van der Waals surface area (Å²) in [6, 6.07) is 0.172. The lowest BCUT2D eigenvalue weighted by molar-refractivity contribution is -0.124. The number of Topliss-reactive ketones (excluding diaryl/α,β-unsaturated/α-hetero) is 1. The zero-order valence-electron chi connectivity index (χ0n) is 11.7. The van der Waals surface area contributed by atoms with Crippen LogP contribution < -0.4 is 10.0 Å². The van der Waals surface area contributed by atoms with Gasteiger partial charge >= 0.3 is 0 Å². The molecule has 0 aromatic heterocycles. The maximum atomic E-state index is 12.0. The minimum Gasteiger partial charge on any atom is -0.305 e. The van der Waals surface area contributed by atoms with E-state index in [0.29, 0.717) is 6.54 Å². The van der Waals surface area contributed by atoms with Gasteiger partial charge in [0.1, 0.15) is 0 Å². The molecule has 0 bridgehead atoms. The second-order valence-corrected chi connectivity index (χ2v) is 5.86. The van der Waals surface area contributed by atoms with Gasteiger partial charge in [0.25, 0.3) is 0 Å². The fourth-order valence-corrected chi connectivity index (χ4v) is 2.06. The molecule has 0 aromatic carbocycles. The van der Waals surface area contributed by atoms with Crippen molar-refractivity contribution >= 4 is 17.0 Å². The molecule has 1 unspecified atom stereocenters. The van der Waals surface area contributed by atoms with E-state index in [2.05, 4.69) is 10.0 Å². The molecule has 0 spiro atoms. The van der Waals surface area contributed by atoms with E-state index in [9.17, 15) is 9.00 Å². The van der Waals surface area contributed by atoms with Crippen molar-refractivity contribution in [1.29, 1.82) is 0 Å². The van der Waals surface area contributed by atoms with Crippen LogP contribution in [0.25, 0.3) is 0 Å². The Hall–Kier alpha value is -0.300. The first-order valence-electron chi connectivity index (χ1n) is 6.48. The normalized spacial score (nSPS) is 15.1. The molecule has 0 aliphatic heterocycles. The van der Waals surface area contributed by atoms with Gasteiger partial charge in [0.15, 0.2) is 5.78 Å². The molecule has 0 aliphatic carbocycles. The smallest absolute Gasteiger partial charge is 0.231 e. The first kappa shape index (κ1) is 17.7. The summed E-state index contributed by atoms with van der Waals surface area (Å²) in [6.07, 6.45) is 2.41. The fourth-order valence-electron chi connectivity index (χ4n) is 1.75. The van der Waals surface area contributed by atoms with Crippen molar-refractivity contribution in [1.82, 2.24) is 10.0 Å². The molecule has 0 aromatic rings. The summed E-state index contributed by atoms with van der Waals surface area (Å²) >= 11 is -1.94. The number of carbonyl (C=O) groups excluding carboxylic acids is 1. The Morgan fingerprint density at radius 1 is 1.22 bits per heavy atom. The van der Waals surface area contributed by atoms with Crippen LogP contribution in [0.15, 0.2) is 0 Å². The molecule has 0 rings (SSSR count). The van der Waals surface area contributed by atoms with Crippen LogP contribution in [-0.4, -0.2) is 33.2 Å².